The molecule has 3 nitrogen and oxygen atoms in total. The minimum absolute atomic E-state index is 0.0874. The first kappa shape index (κ1) is 15.1. The van der Waals surface area contributed by atoms with Gasteiger partial charge in [0.15, 0.2) is 0 Å². The van der Waals surface area contributed by atoms with Crippen LogP contribution in [0.2, 0.25) is 0 Å². The van der Waals surface area contributed by atoms with E-state index < -0.39 is 0 Å². The average Bonchev–Trinajstić information content (AvgIpc) is 2.37. The van der Waals surface area contributed by atoms with Crippen LogP contribution >= 0.6 is 31.9 Å². The fourth-order valence-electron chi connectivity index (χ4n) is 1.71. The molecule has 2 N–H and O–H groups in total. The SMILES string of the molecule is Cc1ccc(NCC(=O)Nc2cccc(Br)c2)c(Br)c1. The summed E-state index contributed by atoms with van der Waals surface area (Å²) in [6.45, 7) is 2.24. The Morgan fingerprint density at radius 2 is 1.95 bits per heavy atom. The second kappa shape index (κ2) is 6.90. The number of aryl methyl sites for hydroxylation is 1. The summed E-state index contributed by atoms with van der Waals surface area (Å²) in [7, 11) is 0. The largest absolute Gasteiger partial charge is 0.375 e. The Morgan fingerprint density at radius 3 is 2.65 bits per heavy atom. The minimum atomic E-state index is -0.0874. The van der Waals surface area contributed by atoms with Crippen LogP contribution < -0.4 is 10.6 Å². The van der Waals surface area contributed by atoms with Crippen molar-refractivity contribution in [3.8, 4) is 0 Å². The van der Waals surface area contributed by atoms with E-state index in [1.165, 1.54) is 5.56 Å². The lowest BCUT2D eigenvalue weighted by molar-refractivity contribution is -0.114. The van der Waals surface area contributed by atoms with Crippen LogP contribution in [0.25, 0.3) is 0 Å². The first-order chi connectivity index (χ1) is 9.54. The quantitative estimate of drug-likeness (QED) is 0.793. The zero-order chi connectivity index (χ0) is 14.5. The third-order valence-corrected chi connectivity index (χ3v) is 3.82. The number of carbonyl (C=O) groups excluding carboxylic acids is 1. The van der Waals surface area contributed by atoms with Gasteiger partial charge in [0.05, 0.1) is 6.54 Å². The van der Waals surface area contributed by atoms with Crippen molar-refractivity contribution < 1.29 is 4.79 Å². The Bertz CT molecular complexity index is 629. The van der Waals surface area contributed by atoms with Crippen molar-refractivity contribution in [1.82, 2.24) is 0 Å². The summed E-state index contributed by atoms with van der Waals surface area (Å²) in [6.07, 6.45) is 0. The summed E-state index contributed by atoms with van der Waals surface area (Å²) >= 11 is 6.84. The summed E-state index contributed by atoms with van der Waals surface area (Å²) in [4.78, 5) is 11.9. The van der Waals surface area contributed by atoms with Gasteiger partial charge in [0.2, 0.25) is 5.91 Å². The highest BCUT2D eigenvalue weighted by molar-refractivity contribution is 9.10. The smallest absolute Gasteiger partial charge is 0.243 e. The molecular formula is C15H14Br2N2O. The highest BCUT2D eigenvalue weighted by Gasteiger charge is 2.04. The number of amides is 1. The van der Waals surface area contributed by atoms with Crippen molar-refractivity contribution in [2.45, 2.75) is 6.92 Å². The lowest BCUT2D eigenvalue weighted by Gasteiger charge is -2.10. The first-order valence-corrected chi connectivity index (χ1v) is 7.68. The fourth-order valence-corrected chi connectivity index (χ4v) is 2.74. The zero-order valence-electron chi connectivity index (χ0n) is 10.9. The maximum atomic E-state index is 11.9. The Balaban J connectivity index is 1.92. The summed E-state index contributed by atoms with van der Waals surface area (Å²) in [5, 5.41) is 5.94. The molecule has 2 aromatic carbocycles. The predicted octanol–water partition coefficient (Wildman–Crippen LogP) is 4.57. The number of anilines is 2. The molecule has 2 aromatic rings. The molecule has 0 spiro atoms. The van der Waals surface area contributed by atoms with E-state index in [4.69, 9.17) is 0 Å². The summed E-state index contributed by atoms with van der Waals surface area (Å²) in [5.41, 5.74) is 2.84. The monoisotopic (exact) mass is 396 g/mol. The molecular weight excluding hydrogens is 384 g/mol. The molecule has 2 rings (SSSR count). The van der Waals surface area contributed by atoms with E-state index in [9.17, 15) is 4.79 Å². The van der Waals surface area contributed by atoms with Crippen LogP contribution in [0.4, 0.5) is 11.4 Å². The number of nitrogens with one attached hydrogen (secondary N) is 2. The van der Waals surface area contributed by atoms with Gasteiger partial charge in [-0.25, -0.2) is 0 Å². The van der Waals surface area contributed by atoms with Crippen molar-refractivity contribution in [1.29, 1.82) is 0 Å². The van der Waals surface area contributed by atoms with E-state index in [1.807, 2.05) is 49.4 Å². The second-order valence-electron chi connectivity index (χ2n) is 4.40. The molecule has 0 aliphatic carbocycles. The van der Waals surface area contributed by atoms with Crippen molar-refractivity contribution in [3.63, 3.8) is 0 Å². The van der Waals surface area contributed by atoms with Gasteiger partial charge >= 0.3 is 0 Å². The molecule has 0 saturated heterocycles. The van der Waals surface area contributed by atoms with Crippen molar-refractivity contribution >= 4 is 49.1 Å². The number of halogens is 2. The standard InChI is InChI=1S/C15H14Br2N2O/c1-10-5-6-14(13(17)7-10)18-9-15(20)19-12-4-2-3-11(16)8-12/h2-8,18H,9H2,1H3,(H,19,20). The topological polar surface area (TPSA) is 41.1 Å². The van der Waals surface area contributed by atoms with Crippen LogP contribution in [0.3, 0.4) is 0 Å². The normalized spacial score (nSPS) is 10.2. The Morgan fingerprint density at radius 1 is 1.15 bits per heavy atom. The molecule has 0 unspecified atom stereocenters. The van der Waals surface area contributed by atoms with Gasteiger partial charge in [-0.1, -0.05) is 28.1 Å². The molecule has 0 saturated carbocycles. The molecule has 20 heavy (non-hydrogen) atoms. The van der Waals surface area contributed by atoms with Crippen LogP contribution in [0, 0.1) is 6.92 Å². The van der Waals surface area contributed by atoms with E-state index in [2.05, 4.69) is 42.5 Å². The highest BCUT2D eigenvalue weighted by Crippen LogP contribution is 2.23. The molecule has 0 bridgehead atoms. The Hall–Kier alpha value is -1.33. The molecule has 0 heterocycles. The lowest BCUT2D eigenvalue weighted by atomic mass is 10.2. The molecule has 0 fully saturated rings. The number of hydrogen-bond acceptors (Lipinski definition) is 2. The molecule has 0 aromatic heterocycles. The summed E-state index contributed by atoms with van der Waals surface area (Å²) in [6, 6.07) is 13.5. The van der Waals surface area contributed by atoms with Gasteiger partial charge in [0.25, 0.3) is 0 Å². The highest BCUT2D eigenvalue weighted by atomic mass is 79.9. The van der Waals surface area contributed by atoms with Gasteiger partial charge < -0.3 is 10.6 Å². The third-order valence-electron chi connectivity index (χ3n) is 2.67. The number of benzene rings is 2. The number of hydrogen-bond donors (Lipinski definition) is 2. The molecule has 104 valence electrons. The lowest BCUT2D eigenvalue weighted by Crippen LogP contribution is -2.21. The zero-order valence-corrected chi connectivity index (χ0v) is 14.1. The Kier molecular flexibility index (Phi) is 5.20. The van der Waals surface area contributed by atoms with Crippen LogP contribution in [0.1, 0.15) is 5.56 Å². The van der Waals surface area contributed by atoms with E-state index in [0.29, 0.717) is 0 Å². The second-order valence-corrected chi connectivity index (χ2v) is 6.17. The maximum absolute atomic E-state index is 11.9. The third kappa shape index (κ3) is 4.35. The molecule has 0 atom stereocenters. The van der Waals surface area contributed by atoms with Gasteiger partial charge in [0, 0.05) is 20.3 Å². The molecule has 0 aliphatic rings. The van der Waals surface area contributed by atoms with Crippen LogP contribution in [0.5, 0.6) is 0 Å². The van der Waals surface area contributed by atoms with E-state index in [0.717, 1.165) is 20.3 Å². The van der Waals surface area contributed by atoms with Crippen LogP contribution in [0.15, 0.2) is 51.4 Å². The van der Waals surface area contributed by atoms with Gasteiger partial charge in [-0.15, -0.1) is 0 Å². The maximum Gasteiger partial charge on any atom is 0.243 e. The number of rotatable bonds is 4. The molecule has 0 radical (unpaired) electrons. The first-order valence-electron chi connectivity index (χ1n) is 6.10. The Labute approximate surface area is 135 Å². The van der Waals surface area contributed by atoms with E-state index in [-0.39, 0.29) is 12.5 Å². The molecule has 1 amide bonds. The minimum Gasteiger partial charge on any atom is -0.375 e. The van der Waals surface area contributed by atoms with E-state index in [1.54, 1.807) is 0 Å². The van der Waals surface area contributed by atoms with Gasteiger partial charge in [-0.2, -0.15) is 0 Å². The molecule has 5 heteroatoms. The van der Waals surface area contributed by atoms with Gasteiger partial charge in [-0.05, 0) is 58.7 Å². The van der Waals surface area contributed by atoms with Gasteiger partial charge in [0.1, 0.15) is 0 Å². The predicted molar refractivity (Wildman–Crippen MR) is 90.1 cm³/mol. The van der Waals surface area contributed by atoms with Crippen molar-refractivity contribution in [2.24, 2.45) is 0 Å². The van der Waals surface area contributed by atoms with E-state index >= 15 is 0 Å². The van der Waals surface area contributed by atoms with Crippen LogP contribution in [-0.2, 0) is 4.79 Å². The average molecular weight is 398 g/mol. The number of carbonyl (C=O) groups is 1. The fraction of sp³-hybridized carbons (Fsp3) is 0.133. The van der Waals surface area contributed by atoms with Gasteiger partial charge in [-0.3, -0.25) is 4.79 Å². The summed E-state index contributed by atoms with van der Waals surface area (Å²) < 4.78 is 1.89. The molecule has 0 aliphatic heterocycles. The van der Waals surface area contributed by atoms with Crippen LogP contribution in [-0.4, -0.2) is 12.5 Å². The van der Waals surface area contributed by atoms with Crippen molar-refractivity contribution in [2.75, 3.05) is 17.2 Å². The van der Waals surface area contributed by atoms with Crippen molar-refractivity contribution in [3.05, 3.63) is 57.0 Å². The summed E-state index contributed by atoms with van der Waals surface area (Å²) in [5.74, 6) is -0.0874.